The number of ether oxygens (including phenoxy) is 3. The minimum Gasteiger partial charge on any atom is -0.490 e. The van der Waals surface area contributed by atoms with Gasteiger partial charge in [0.05, 0.1) is 11.5 Å². The lowest BCUT2D eigenvalue weighted by atomic mass is 10.2. The smallest absolute Gasteiger partial charge is 0.387 e. The van der Waals surface area contributed by atoms with Gasteiger partial charge in [-0.05, 0) is 31.2 Å². The fourth-order valence-corrected chi connectivity index (χ4v) is 2.66. The Kier molecular flexibility index (Phi) is 7.16. The molecule has 0 saturated heterocycles. The summed E-state index contributed by atoms with van der Waals surface area (Å²) >= 11 is 0. The first-order valence-electron chi connectivity index (χ1n) is 9.30. The van der Waals surface area contributed by atoms with Crippen molar-refractivity contribution in [2.45, 2.75) is 20.3 Å². The number of aromatic nitrogens is 2. The summed E-state index contributed by atoms with van der Waals surface area (Å²) in [6.07, 6.45) is 1.47. The third-order valence-corrected chi connectivity index (χ3v) is 4.01. The molecule has 0 fully saturated rings. The number of para-hydroxylation sites is 2. The molecule has 12 heteroatoms. The van der Waals surface area contributed by atoms with Crippen LogP contribution in [0.15, 0.2) is 54.7 Å². The number of rotatable bonds is 10. The number of benzene rings is 2. The summed E-state index contributed by atoms with van der Waals surface area (Å²) < 4.78 is 41.4. The molecule has 0 atom stereocenters. The zero-order chi connectivity index (χ0) is 23.1. The Balaban J connectivity index is 1.66. The normalized spacial score (nSPS) is 10.6. The van der Waals surface area contributed by atoms with Crippen molar-refractivity contribution in [1.82, 2.24) is 9.78 Å². The molecule has 1 heterocycles. The molecule has 168 valence electrons. The van der Waals surface area contributed by atoms with E-state index in [2.05, 4.69) is 15.2 Å². The van der Waals surface area contributed by atoms with Gasteiger partial charge >= 0.3 is 12.3 Å². The molecule has 0 spiro atoms. The highest BCUT2D eigenvalue weighted by molar-refractivity contribution is 6.02. The highest BCUT2D eigenvalue weighted by Crippen LogP contribution is 2.32. The van der Waals surface area contributed by atoms with Crippen molar-refractivity contribution in [2.75, 3.05) is 11.9 Å². The Morgan fingerprint density at radius 1 is 1.16 bits per heavy atom. The molecule has 0 saturated carbocycles. The molecule has 1 aromatic heterocycles. The molecule has 10 nitrogen and oxygen atoms in total. The van der Waals surface area contributed by atoms with E-state index < -0.39 is 17.4 Å². The van der Waals surface area contributed by atoms with Crippen molar-refractivity contribution < 1.29 is 32.7 Å². The van der Waals surface area contributed by atoms with E-state index in [9.17, 15) is 23.7 Å². The Labute approximate surface area is 180 Å². The number of hydrogen-bond acceptors (Lipinski definition) is 7. The topological polar surface area (TPSA) is 118 Å². The zero-order valence-electron chi connectivity index (χ0n) is 16.7. The molecule has 2 aromatic carbocycles. The molecule has 3 rings (SSSR count). The number of carbonyl (C=O) groups excluding carboxylic acids is 1. The molecule has 32 heavy (non-hydrogen) atoms. The van der Waals surface area contributed by atoms with E-state index >= 15 is 0 Å². The number of nitro groups is 1. The number of halogens is 2. The van der Waals surface area contributed by atoms with E-state index in [0.717, 1.165) is 0 Å². The van der Waals surface area contributed by atoms with Crippen molar-refractivity contribution in [3.63, 3.8) is 0 Å². The summed E-state index contributed by atoms with van der Waals surface area (Å²) in [5.41, 5.74) is 0.134. The molecule has 1 N–H and O–H groups in total. The first-order chi connectivity index (χ1) is 15.4. The van der Waals surface area contributed by atoms with Crippen molar-refractivity contribution in [3.05, 3.63) is 70.5 Å². The second-order valence-electron chi connectivity index (χ2n) is 6.17. The first-order valence-corrected chi connectivity index (χ1v) is 9.30. The highest BCUT2D eigenvalue weighted by Gasteiger charge is 2.16. The third kappa shape index (κ3) is 5.68. The van der Waals surface area contributed by atoms with Gasteiger partial charge in [0.15, 0.2) is 29.7 Å². The van der Waals surface area contributed by atoms with Crippen molar-refractivity contribution in [3.8, 4) is 17.2 Å². The predicted molar refractivity (Wildman–Crippen MR) is 108 cm³/mol. The minimum atomic E-state index is -3.02. The van der Waals surface area contributed by atoms with Crippen LogP contribution in [0.4, 0.5) is 20.2 Å². The number of amides is 1. The number of hydrogen-bond donors (Lipinski definition) is 1. The Hall–Kier alpha value is -4.22. The van der Waals surface area contributed by atoms with Gasteiger partial charge in [0.1, 0.15) is 0 Å². The van der Waals surface area contributed by atoms with Gasteiger partial charge in [-0.3, -0.25) is 14.9 Å². The van der Waals surface area contributed by atoms with Gasteiger partial charge < -0.3 is 19.5 Å². The van der Waals surface area contributed by atoms with Gasteiger partial charge in [0.2, 0.25) is 0 Å². The maximum atomic E-state index is 12.5. The van der Waals surface area contributed by atoms with Gasteiger partial charge in [0.25, 0.3) is 5.91 Å². The van der Waals surface area contributed by atoms with Crippen LogP contribution in [0.5, 0.6) is 17.2 Å². The summed E-state index contributed by atoms with van der Waals surface area (Å²) in [6.45, 7) is -1.29. The maximum Gasteiger partial charge on any atom is 0.387 e. The van der Waals surface area contributed by atoms with Crippen LogP contribution < -0.4 is 19.5 Å². The number of carbonyl (C=O) groups is 1. The molecule has 0 radical (unpaired) electrons. The van der Waals surface area contributed by atoms with Crippen LogP contribution in [0, 0.1) is 10.1 Å². The standard InChI is InChI=1S/C20H18F2N4O6/c1-2-30-18-11-13(7-8-17(18)32-20(21)22)23-19(27)14-9-10-25(24-14)12-31-16-6-4-3-5-15(16)26(28)29/h3-11,20H,2,12H2,1H3,(H,23,27). The average Bonchev–Trinajstić information content (AvgIpc) is 3.23. The number of anilines is 1. The van der Waals surface area contributed by atoms with Crippen LogP contribution >= 0.6 is 0 Å². The quantitative estimate of drug-likeness (QED) is 0.367. The summed E-state index contributed by atoms with van der Waals surface area (Å²) in [5, 5.41) is 17.7. The van der Waals surface area contributed by atoms with Crippen LogP contribution in [0.25, 0.3) is 0 Å². The fraction of sp³-hybridized carbons (Fsp3) is 0.200. The summed E-state index contributed by atoms with van der Waals surface area (Å²) in [7, 11) is 0. The third-order valence-electron chi connectivity index (χ3n) is 4.01. The first kappa shape index (κ1) is 22.5. The van der Waals surface area contributed by atoms with Crippen LogP contribution in [0.3, 0.4) is 0 Å². The highest BCUT2D eigenvalue weighted by atomic mass is 19.3. The van der Waals surface area contributed by atoms with E-state index in [0.29, 0.717) is 0 Å². The van der Waals surface area contributed by atoms with E-state index in [-0.39, 0.29) is 47.7 Å². The SMILES string of the molecule is CCOc1cc(NC(=O)c2ccn(COc3ccccc3[N+](=O)[O-])n2)ccc1OC(F)F. The van der Waals surface area contributed by atoms with Crippen LogP contribution in [0.1, 0.15) is 17.4 Å². The van der Waals surface area contributed by atoms with Crippen molar-refractivity contribution in [1.29, 1.82) is 0 Å². The van der Waals surface area contributed by atoms with E-state index in [1.807, 2.05) is 0 Å². The summed E-state index contributed by atoms with van der Waals surface area (Å²) in [5.74, 6) is -0.613. The van der Waals surface area contributed by atoms with Gasteiger partial charge in [0, 0.05) is 24.0 Å². The lowest BCUT2D eigenvalue weighted by molar-refractivity contribution is -0.386. The van der Waals surface area contributed by atoms with Crippen LogP contribution in [0.2, 0.25) is 0 Å². The monoisotopic (exact) mass is 448 g/mol. The number of nitrogens with zero attached hydrogens (tertiary/aromatic N) is 3. The Morgan fingerprint density at radius 2 is 1.94 bits per heavy atom. The lowest BCUT2D eigenvalue weighted by Gasteiger charge is -2.13. The summed E-state index contributed by atoms with van der Waals surface area (Å²) in [6, 6.07) is 11.3. The van der Waals surface area contributed by atoms with Gasteiger partial charge in [-0.25, -0.2) is 4.68 Å². The molecule has 1 amide bonds. The van der Waals surface area contributed by atoms with Crippen LogP contribution in [-0.4, -0.2) is 33.8 Å². The second kappa shape index (κ2) is 10.2. The molecule has 0 unspecified atom stereocenters. The molecule has 0 aliphatic heterocycles. The van der Waals surface area contributed by atoms with Gasteiger partial charge in [-0.2, -0.15) is 13.9 Å². The molecule has 0 bridgehead atoms. The molecule has 3 aromatic rings. The number of nitro benzene ring substituents is 1. The summed E-state index contributed by atoms with van der Waals surface area (Å²) in [4.78, 5) is 22.9. The second-order valence-corrected chi connectivity index (χ2v) is 6.17. The van der Waals surface area contributed by atoms with Crippen molar-refractivity contribution in [2.24, 2.45) is 0 Å². The van der Waals surface area contributed by atoms with E-state index in [1.54, 1.807) is 13.0 Å². The number of nitrogens with one attached hydrogen (secondary N) is 1. The predicted octanol–water partition coefficient (Wildman–Crippen LogP) is 4.08. The molecular weight excluding hydrogens is 430 g/mol. The zero-order valence-corrected chi connectivity index (χ0v) is 16.7. The van der Waals surface area contributed by atoms with E-state index in [1.165, 1.54) is 53.3 Å². The van der Waals surface area contributed by atoms with E-state index in [4.69, 9.17) is 9.47 Å². The minimum absolute atomic E-state index is 0.0435. The Morgan fingerprint density at radius 3 is 2.66 bits per heavy atom. The van der Waals surface area contributed by atoms with Gasteiger partial charge in [-0.1, -0.05) is 12.1 Å². The van der Waals surface area contributed by atoms with Crippen molar-refractivity contribution >= 4 is 17.3 Å². The molecular formula is C20H18F2N4O6. The Bertz CT molecular complexity index is 1110. The average molecular weight is 448 g/mol. The molecule has 0 aliphatic rings. The lowest BCUT2D eigenvalue weighted by Crippen LogP contribution is -2.14. The number of alkyl halides is 2. The van der Waals surface area contributed by atoms with Crippen LogP contribution in [-0.2, 0) is 6.73 Å². The largest absolute Gasteiger partial charge is 0.490 e. The van der Waals surface area contributed by atoms with Gasteiger partial charge in [-0.15, -0.1) is 0 Å². The molecule has 0 aliphatic carbocycles. The fourth-order valence-electron chi connectivity index (χ4n) is 2.66. The maximum absolute atomic E-state index is 12.5.